The molecule has 1 aliphatic heterocycles. The van der Waals surface area contributed by atoms with Crippen LogP contribution in [0.3, 0.4) is 0 Å². The zero-order valence-electron chi connectivity index (χ0n) is 18.8. The third kappa shape index (κ3) is 6.33. The first kappa shape index (κ1) is 23.3. The number of methoxy groups -OCH3 is 1. The maximum atomic E-state index is 12.7. The number of halogens is 1. The SMILES string of the molecule is COc1ccccc1CCCNC(=O)C1CCCN(Cc2nc(-c3cccc(Cl)c3)no2)C1. The summed E-state index contributed by atoms with van der Waals surface area (Å²) in [4.78, 5) is 19.4. The van der Waals surface area contributed by atoms with Gasteiger partial charge in [-0.2, -0.15) is 4.98 Å². The molecule has 3 aromatic rings. The number of nitrogens with zero attached hydrogens (tertiary/aromatic N) is 3. The van der Waals surface area contributed by atoms with Crippen LogP contribution in [-0.2, 0) is 17.8 Å². The van der Waals surface area contributed by atoms with E-state index < -0.39 is 0 Å². The number of likely N-dealkylation sites (tertiary alicyclic amines) is 1. The molecule has 0 saturated carbocycles. The van der Waals surface area contributed by atoms with E-state index in [1.165, 1.54) is 0 Å². The van der Waals surface area contributed by atoms with Gasteiger partial charge in [-0.25, -0.2) is 0 Å². The summed E-state index contributed by atoms with van der Waals surface area (Å²) >= 11 is 6.06. The molecule has 0 aliphatic carbocycles. The molecule has 33 heavy (non-hydrogen) atoms. The van der Waals surface area contributed by atoms with E-state index in [1.807, 2.05) is 42.5 Å². The first-order chi connectivity index (χ1) is 16.1. The van der Waals surface area contributed by atoms with E-state index in [-0.39, 0.29) is 11.8 Å². The molecule has 174 valence electrons. The lowest BCUT2D eigenvalue weighted by molar-refractivity contribution is -0.126. The van der Waals surface area contributed by atoms with E-state index in [1.54, 1.807) is 7.11 Å². The highest BCUT2D eigenvalue weighted by Crippen LogP contribution is 2.22. The second kappa shape index (κ2) is 11.3. The van der Waals surface area contributed by atoms with Gasteiger partial charge in [0.2, 0.25) is 17.6 Å². The molecule has 1 aromatic heterocycles. The molecule has 8 heteroatoms. The molecule has 1 saturated heterocycles. The number of rotatable bonds is 9. The quantitative estimate of drug-likeness (QED) is 0.470. The lowest BCUT2D eigenvalue weighted by atomic mass is 9.97. The number of benzene rings is 2. The number of ether oxygens (including phenoxy) is 1. The van der Waals surface area contributed by atoms with E-state index in [0.717, 1.165) is 49.1 Å². The molecule has 1 atom stereocenters. The summed E-state index contributed by atoms with van der Waals surface area (Å²) in [5.74, 6) is 2.05. The van der Waals surface area contributed by atoms with Gasteiger partial charge in [-0.3, -0.25) is 9.69 Å². The first-order valence-electron chi connectivity index (χ1n) is 11.3. The van der Waals surface area contributed by atoms with Crippen LogP contribution in [0.4, 0.5) is 0 Å². The summed E-state index contributed by atoms with van der Waals surface area (Å²) in [6.45, 7) is 2.78. The smallest absolute Gasteiger partial charge is 0.241 e. The Kier molecular flexibility index (Phi) is 7.96. The molecule has 1 N–H and O–H groups in total. The largest absolute Gasteiger partial charge is 0.496 e. The Hall–Kier alpha value is -2.90. The van der Waals surface area contributed by atoms with Crippen molar-refractivity contribution >= 4 is 17.5 Å². The maximum Gasteiger partial charge on any atom is 0.241 e. The number of nitrogens with one attached hydrogen (secondary N) is 1. The highest BCUT2D eigenvalue weighted by molar-refractivity contribution is 6.30. The Balaban J connectivity index is 1.24. The average Bonchev–Trinajstić information content (AvgIpc) is 3.30. The van der Waals surface area contributed by atoms with Crippen molar-refractivity contribution in [1.29, 1.82) is 0 Å². The minimum absolute atomic E-state index is 0.0275. The molecule has 0 radical (unpaired) electrons. The highest BCUT2D eigenvalue weighted by atomic mass is 35.5. The van der Waals surface area contributed by atoms with Gasteiger partial charge >= 0.3 is 0 Å². The molecular weight excluding hydrogens is 440 g/mol. The molecule has 2 heterocycles. The molecule has 1 fully saturated rings. The summed E-state index contributed by atoms with van der Waals surface area (Å²) in [6, 6.07) is 15.4. The van der Waals surface area contributed by atoms with Crippen LogP contribution < -0.4 is 10.1 Å². The van der Waals surface area contributed by atoms with Gasteiger partial charge in [0.25, 0.3) is 0 Å². The predicted molar refractivity (Wildman–Crippen MR) is 127 cm³/mol. The van der Waals surface area contributed by atoms with Crippen LogP contribution in [0.5, 0.6) is 5.75 Å². The number of carbonyl (C=O) groups excluding carboxylic acids is 1. The van der Waals surface area contributed by atoms with Crippen LogP contribution >= 0.6 is 11.6 Å². The monoisotopic (exact) mass is 468 g/mol. The van der Waals surface area contributed by atoms with Crippen molar-refractivity contribution in [2.24, 2.45) is 5.92 Å². The molecule has 1 aliphatic rings. The number of carbonyl (C=O) groups is 1. The molecule has 1 amide bonds. The minimum Gasteiger partial charge on any atom is -0.496 e. The standard InChI is InChI=1S/C25H29ClN4O3/c1-32-22-12-3-2-7-18(22)9-5-13-27-25(31)20-10-6-14-30(16-20)17-23-28-24(29-33-23)19-8-4-11-21(26)15-19/h2-4,7-8,11-12,15,20H,5-6,9-10,13-14,16-17H2,1H3,(H,27,31). The third-order valence-electron chi connectivity index (χ3n) is 5.90. The summed E-state index contributed by atoms with van der Waals surface area (Å²) in [5, 5.41) is 7.81. The third-order valence-corrected chi connectivity index (χ3v) is 6.14. The number of hydrogen-bond acceptors (Lipinski definition) is 6. The van der Waals surface area contributed by atoms with Crippen LogP contribution in [-0.4, -0.2) is 47.7 Å². The maximum absolute atomic E-state index is 12.7. The number of para-hydroxylation sites is 1. The Labute approximate surface area is 199 Å². The molecule has 2 aromatic carbocycles. The molecule has 0 bridgehead atoms. The summed E-state index contributed by atoms with van der Waals surface area (Å²) in [5.41, 5.74) is 1.98. The van der Waals surface area contributed by atoms with E-state index in [2.05, 4.69) is 26.4 Å². The summed E-state index contributed by atoms with van der Waals surface area (Å²) in [6.07, 6.45) is 3.60. The van der Waals surface area contributed by atoms with Crippen molar-refractivity contribution in [3.63, 3.8) is 0 Å². The van der Waals surface area contributed by atoms with Crippen molar-refractivity contribution in [2.75, 3.05) is 26.7 Å². The Morgan fingerprint density at radius 2 is 2.15 bits per heavy atom. The van der Waals surface area contributed by atoms with Crippen molar-refractivity contribution in [3.8, 4) is 17.1 Å². The highest BCUT2D eigenvalue weighted by Gasteiger charge is 2.26. The van der Waals surface area contributed by atoms with Gasteiger partial charge in [0.05, 0.1) is 19.6 Å². The van der Waals surface area contributed by atoms with Crippen molar-refractivity contribution < 1.29 is 14.1 Å². The fourth-order valence-electron chi connectivity index (χ4n) is 4.21. The molecular formula is C25H29ClN4O3. The van der Waals surface area contributed by atoms with E-state index in [4.69, 9.17) is 20.9 Å². The summed E-state index contributed by atoms with van der Waals surface area (Å²) < 4.78 is 10.8. The second-order valence-electron chi connectivity index (χ2n) is 8.30. The Morgan fingerprint density at radius 3 is 3.00 bits per heavy atom. The van der Waals surface area contributed by atoms with Crippen LogP contribution in [0, 0.1) is 5.92 Å². The zero-order chi connectivity index (χ0) is 23.0. The topological polar surface area (TPSA) is 80.5 Å². The van der Waals surface area contributed by atoms with Crippen molar-refractivity contribution in [1.82, 2.24) is 20.4 Å². The van der Waals surface area contributed by atoms with Gasteiger partial charge in [0.1, 0.15) is 5.75 Å². The second-order valence-corrected chi connectivity index (χ2v) is 8.74. The van der Waals surface area contributed by atoms with E-state index >= 15 is 0 Å². The minimum atomic E-state index is -0.0275. The van der Waals surface area contributed by atoms with Crippen LogP contribution in [0.1, 0.15) is 30.7 Å². The molecule has 7 nitrogen and oxygen atoms in total. The van der Waals surface area contributed by atoms with Gasteiger partial charge in [-0.1, -0.05) is 47.1 Å². The fourth-order valence-corrected chi connectivity index (χ4v) is 4.40. The average molecular weight is 469 g/mol. The van der Waals surface area contributed by atoms with Gasteiger partial charge in [-0.15, -0.1) is 0 Å². The fraction of sp³-hybridized carbons (Fsp3) is 0.400. The van der Waals surface area contributed by atoms with Gasteiger partial charge in [-0.05, 0) is 56.0 Å². The van der Waals surface area contributed by atoms with Crippen LogP contribution in [0.2, 0.25) is 5.02 Å². The normalized spacial score (nSPS) is 16.5. The van der Waals surface area contributed by atoms with E-state index in [9.17, 15) is 4.79 Å². The summed E-state index contributed by atoms with van der Waals surface area (Å²) in [7, 11) is 1.68. The Morgan fingerprint density at radius 1 is 1.27 bits per heavy atom. The first-order valence-corrected chi connectivity index (χ1v) is 11.7. The number of amides is 1. The predicted octanol–water partition coefficient (Wildman–Crippen LogP) is 4.36. The molecule has 4 rings (SSSR count). The van der Waals surface area contributed by atoms with Crippen LogP contribution in [0.25, 0.3) is 11.4 Å². The van der Waals surface area contributed by atoms with Gasteiger partial charge in [0, 0.05) is 23.7 Å². The van der Waals surface area contributed by atoms with Gasteiger partial charge in [0.15, 0.2) is 0 Å². The van der Waals surface area contributed by atoms with Crippen molar-refractivity contribution in [3.05, 3.63) is 65.0 Å². The number of aromatic nitrogens is 2. The number of aryl methyl sites for hydroxylation is 1. The molecule has 1 unspecified atom stereocenters. The zero-order valence-corrected chi connectivity index (χ0v) is 19.6. The van der Waals surface area contributed by atoms with Gasteiger partial charge < -0.3 is 14.6 Å². The lowest BCUT2D eigenvalue weighted by Crippen LogP contribution is -2.43. The molecule has 0 spiro atoms. The van der Waals surface area contributed by atoms with Crippen LogP contribution in [0.15, 0.2) is 53.1 Å². The number of piperidine rings is 1. The Bertz CT molecular complexity index is 1070. The van der Waals surface area contributed by atoms with E-state index in [0.29, 0.717) is 36.4 Å². The number of hydrogen-bond donors (Lipinski definition) is 1. The lowest BCUT2D eigenvalue weighted by Gasteiger charge is -2.30. The van der Waals surface area contributed by atoms with Crippen molar-refractivity contribution in [2.45, 2.75) is 32.2 Å².